The summed E-state index contributed by atoms with van der Waals surface area (Å²) in [6, 6.07) is 14.4. The van der Waals surface area contributed by atoms with Gasteiger partial charge in [-0.1, -0.05) is 24.3 Å². The lowest BCUT2D eigenvalue weighted by Gasteiger charge is -2.37. The Morgan fingerprint density at radius 1 is 1.10 bits per heavy atom. The Hall–Kier alpha value is -3.39. The first kappa shape index (κ1) is 20.9. The number of aromatic nitrogens is 2. The average molecular weight is 423 g/mol. The van der Waals surface area contributed by atoms with Crippen LogP contribution in [0.4, 0.5) is 5.95 Å². The number of benzene rings is 2. The van der Waals surface area contributed by atoms with E-state index in [1.165, 1.54) is 4.90 Å². The van der Waals surface area contributed by atoms with E-state index in [1.54, 1.807) is 21.1 Å². The van der Waals surface area contributed by atoms with Crippen LogP contribution in [0.5, 0.6) is 5.75 Å². The first-order chi connectivity index (χ1) is 15.1. The first-order valence-corrected chi connectivity index (χ1v) is 10.2. The number of fused-ring (bicyclic) bond motifs is 3. The Bertz CT molecular complexity index is 1090. The van der Waals surface area contributed by atoms with Crippen LogP contribution in [0.15, 0.2) is 48.5 Å². The number of nitrogens with zero attached hydrogens (tertiary/aromatic N) is 3. The van der Waals surface area contributed by atoms with Crippen molar-refractivity contribution in [3.05, 3.63) is 54.1 Å². The number of hydrogen-bond donors (Lipinski definition) is 0. The quantitative estimate of drug-likeness (QED) is 0.429. The van der Waals surface area contributed by atoms with Crippen LogP contribution in [0.2, 0.25) is 0 Å². The van der Waals surface area contributed by atoms with Crippen molar-refractivity contribution in [3.63, 3.8) is 0 Å². The molecule has 3 aromatic rings. The van der Waals surface area contributed by atoms with E-state index in [1.807, 2.05) is 53.1 Å². The smallest absolute Gasteiger partial charge is 0.321 e. The van der Waals surface area contributed by atoms with E-state index < -0.39 is 17.9 Å². The maximum absolute atomic E-state index is 13.6. The van der Waals surface area contributed by atoms with Gasteiger partial charge in [0.15, 0.2) is 5.92 Å². The summed E-state index contributed by atoms with van der Waals surface area (Å²) in [6.07, 6.45) is 0. The molecule has 2 atom stereocenters. The van der Waals surface area contributed by atoms with Gasteiger partial charge < -0.3 is 18.8 Å². The third-order valence-electron chi connectivity index (χ3n) is 5.46. The van der Waals surface area contributed by atoms with E-state index in [0.717, 1.165) is 16.6 Å². The van der Waals surface area contributed by atoms with Crippen molar-refractivity contribution in [2.45, 2.75) is 13.0 Å². The van der Waals surface area contributed by atoms with E-state index in [2.05, 4.69) is 0 Å². The highest BCUT2D eigenvalue weighted by Crippen LogP contribution is 2.41. The first-order valence-electron chi connectivity index (χ1n) is 10.2. The number of amides is 1. The maximum Gasteiger partial charge on any atom is 0.321 e. The Labute approximate surface area is 180 Å². The molecule has 8 heteroatoms. The van der Waals surface area contributed by atoms with Gasteiger partial charge in [-0.2, -0.15) is 0 Å². The number of rotatable bonds is 7. The summed E-state index contributed by atoms with van der Waals surface area (Å²) in [7, 11) is 3.16. The van der Waals surface area contributed by atoms with Gasteiger partial charge in [-0.05, 0) is 36.8 Å². The number of para-hydroxylation sites is 2. The Morgan fingerprint density at radius 3 is 2.52 bits per heavy atom. The lowest BCUT2D eigenvalue weighted by atomic mass is 9.89. The molecule has 0 spiro atoms. The molecule has 162 valence electrons. The molecule has 2 heterocycles. The minimum atomic E-state index is -1.05. The number of ether oxygens (including phenoxy) is 3. The number of imidazole rings is 1. The van der Waals surface area contributed by atoms with Crippen LogP contribution < -0.4 is 9.64 Å². The molecule has 0 N–H and O–H groups in total. The summed E-state index contributed by atoms with van der Waals surface area (Å²) in [4.78, 5) is 32.9. The number of carbonyl (C=O) groups is 2. The van der Waals surface area contributed by atoms with Crippen molar-refractivity contribution in [1.29, 1.82) is 0 Å². The van der Waals surface area contributed by atoms with Crippen LogP contribution in [-0.4, -0.2) is 55.4 Å². The Morgan fingerprint density at radius 2 is 1.84 bits per heavy atom. The molecule has 0 bridgehead atoms. The highest BCUT2D eigenvalue weighted by Gasteiger charge is 2.47. The molecule has 31 heavy (non-hydrogen) atoms. The van der Waals surface area contributed by atoms with Gasteiger partial charge in [0, 0.05) is 7.11 Å². The highest BCUT2D eigenvalue weighted by molar-refractivity contribution is 6.08. The second-order valence-corrected chi connectivity index (χ2v) is 7.20. The minimum Gasteiger partial charge on any atom is -0.497 e. The Balaban J connectivity index is 1.95. The van der Waals surface area contributed by atoms with Gasteiger partial charge in [-0.15, -0.1) is 0 Å². The van der Waals surface area contributed by atoms with Crippen molar-refractivity contribution < 1.29 is 23.8 Å². The van der Waals surface area contributed by atoms with Crippen LogP contribution in [0, 0.1) is 5.92 Å². The molecular weight excluding hydrogens is 398 g/mol. The average Bonchev–Trinajstić information content (AvgIpc) is 3.17. The van der Waals surface area contributed by atoms with Gasteiger partial charge in [0.1, 0.15) is 5.75 Å². The fourth-order valence-corrected chi connectivity index (χ4v) is 4.04. The van der Waals surface area contributed by atoms with Crippen molar-refractivity contribution in [3.8, 4) is 5.75 Å². The molecule has 2 unspecified atom stereocenters. The predicted octanol–water partition coefficient (Wildman–Crippen LogP) is 2.81. The van der Waals surface area contributed by atoms with Crippen LogP contribution >= 0.6 is 0 Å². The normalized spacial score (nSPS) is 18.2. The van der Waals surface area contributed by atoms with E-state index in [9.17, 15) is 9.59 Å². The van der Waals surface area contributed by atoms with Gasteiger partial charge >= 0.3 is 5.97 Å². The molecule has 1 aromatic heterocycles. The van der Waals surface area contributed by atoms with Crippen LogP contribution in [-0.2, 0) is 19.1 Å². The third kappa shape index (κ3) is 3.63. The summed E-state index contributed by atoms with van der Waals surface area (Å²) < 4.78 is 17.8. The van der Waals surface area contributed by atoms with E-state index >= 15 is 0 Å². The molecule has 8 nitrogen and oxygen atoms in total. The predicted molar refractivity (Wildman–Crippen MR) is 115 cm³/mol. The molecule has 1 aliphatic rings. The SMILES string of the molecule is CCOC(=O)C1C(=O)N(CCOC)c2nc3ccccc3n2C1c1ccc(OC)cc1. The minimum absolute atomic E-state index is 0.188. The molecular formula is C23H25N3O5. The number of esters is 1. The van der Waals surface area contributed by atoms with E-state index in [0.29, 0.717) is 18.3 Å². The fourth-order valence-electron chi connectivity index (χ4n) is 4.04. The number of carbonyl (C=O) groups excluding carboxylic acids is 2. The van der Waals surface area contributed by atoms with Gasteiger partial charge in [0.2, 0.25) is 11.9 Å². The summed E-state index contributed by atoms with van der Waals surface area (Å²) in [5.41, 5.74) is 2.38. The number of hydrogen-bond acceptors (Lipinski definition) is 6. The summed E-state index contributed by atoms with van der Waals surface area (Å²) in [6.45, 7) is 2.52. The molecule has 0 saturated heterocycles. The number of methoxy groups -OCH3 is 2. The van der Waals surface area contributed by atoms with Crippen molar-refractivity contribution in [2.75, 3.05) is 38.9 Å². The molecule has 0 saturated carbocycles. The zero-order valence-corrected chi connectivity index (χ0v) is 17.8. The largest absolute Gasteiger partial charge is 0.497 e. The molecule has 2 aromatic carbocycles. The highest BCUT2D eigenvalue weighted by atomic mass is 16.5. The second-order valence-electron chi connectivity index (χ2n) is 7.20. The third-order valence-corrected chi connectivity index (χ3v) is 5.46. The van der Waals surface area contributed by atoms with Gasteiger partial charge in [-0.3, -0.25) is 14.5 Å². The molecule has 0 fully saturated rings. The van der Waals surface area contributed by atoms with Crippen LogP contribution in [0.3, 0.4) is 0 Å². The second kappa shape index (κ2) is 8.77. The molecule has 4 rings (SSSR count). The molecule has 0 aliphatic carbocycles. The van der Waals surface area contributed by atoms with Gasteiger partial charge in [0.05, 0.1) is 43.9 Å². The van der Waals surface area contributed by atoms with Crippen molar-refractivity contribution in [1.82, 2.24) is 9.55 Å². The van der Waals surface area contributed by atoms with Crippen LogP contribution in [0.25, 0.3) is 11.0 Å². The molecule has 1 aliphatic heterocycles. The van der Waals surface area contributed by atoms with Gasteiger partial charge in [0.25, 0.3) is 0 Å². The maximum atomic E-state index is 13.6. The van der Waals surface area contributed by atoms with E-state index in [4.69, 9.17) is 19.2 Å². The lowest BCUT2D eigenvalue weighted by molar-refractivity contribution is -0.153. The van der Waals surface area contributed by atoms with Crippen LogP contribution in [0.1, 0.15) is 18.5 Å². The zero-order chi connectivity index (χ0) is 22.0. The van der Waals surface area contributed by atoms with E-state index in [-0.39, 0.29) is 19.1 Å². The lowest BCUT2D eigenvalue weighted by Crippen LogP contribution is -2.51. The molecule has 1 amide bonds. The summed E-state index contributed by atoms with van der Waals surface area (Å²) >= 11 is 0. The number of anilines is 1. The zero-order valence-electron chi connectivity index (χ0n) is 17.8. The van der Waals surface area contributed by atoms with Gasteiger partial charge in [-0.25, -0.2) is 4.98 Å². The summed E-state index contributed by atoms with van der Waals surface area (Å²) in [5.74, 6) is -0.769. The topological polar surface area (TPSA) is 82.9 Å². The van der Waals surface area contributed by atoms with Crippen molar-refractivity contribution >= 4 is 28.9 Å². The monoisotopic (exact) mass is 423 g/mol. The molecule has 0 radical (unpaired) electrons. The fraction of sp³-hybridized carbons (Fsp3) is 0.348. The summed E-state index contributed by atoms with van der Waals surface area (Å²) in [5, 5.41) is 0. The van der Waals surface area contributed by atoms with Crippen molar-refractivity contribution in [2.24, 2.45) is 5.92 Å². The Kier molecular flexibility index (Phi) is 5.90. The standard InChI is InChI=1S/C23H25N3O5/c1-4-31-22(28)19-20(15-9-11-16(30-3)12-10-15)26-18-8-6-5-7-17(18)24-23(26)25(21(19)27)13-14-29-2/h5-12,19-20H,4,13-14H2,1-3H3.